The molecular weight excluding hydrogens is 420 g/mol. The van der Waals surface area contributed by atoms with Gasteiger partial charge in [0.1, 0.15) is 0 Å². The molecule has 0 aromatic heterocycles. The Hall–Kier alpha value is 0.769. The maximum Gasteiger partial charge on any atom is 2.00 e. The van der Waals surface area contributed by atoms with E-state index in [1.807, 2.05) is 0 Å². The van der Waals surface area contributed by atoms with Gasteiger partial charge >= 0.3 is 23.9 Å². The summed E-state index contributed by atoms with van der Waals surface area (Å²) in [7, 11) is 0. The largest absolute Gasteiger partial charge is 2.00 e. The summed E-state index contributed by atoms with van der Waals surface area (Å²) in [6, 6.07) is -0.0476. The molecule has 0 aromatic rings. The molecule has 6 unspecified atom stereocenters. The van der Waals surface area contributed by atoms with Crippen molar-refractivity contribution in [1.82, 2.24) is 5.32 Å². The summed E-state index contributed by atoms with van der Waals surface area (Å²) >= 11 is 12.8. The van der Waals surface area contributed by atoms with Gasteiger partial charge in [-0.05, 0) is 31.6 Å². The SMILES string of the molecule is CC1CCC(Cl)C(NC2CCCCC2C(=O)[O-])C1Cl.[O-2].[Sn+2]. The van der Waals surface area contributed by atoms with Crippen molar-refractivity contribution >= 4 is 53.1 Å². The molecule has 0 aromatic carbocycles. The van der Waals surface area contributed by atoms with Crippen molar-refractivity contribution in [2.75, 3.05) is 0 Å². The molecule has 0 bridgehead atoms. The molecule has 21 heavy (non-hydrogen) atoms. The van der Waals surface area contributed by atoms with Crippen LogP contribution in [0, 0.1) is 11.8 Å². The minimum absolute atomic E-state index is 0. The number of hydrogen-bond donors (Lipinski definition) is 1. The molecule has 0 amide bonds. The number of hydrogen-bond acceptors (Lipinski definition) is 3. The summed E-state index contributed by atoms with van der Waals surface area (Å²) in [5, 5.41) is 14.6. The van der Waals surface area contributed by atoms with E-state index < -0.39 is 11.9 Å². The van der Waals surface area contributed by atoms with Crippen LogP contribution in [0.4, 0.5) is 0 Å². The number of carbonyl (C=O) groups excluding carboxylic acids is 1. The van der Waals surface area contributed by atoms with Crippen molar-refractivity contribution < 1.29 is 15.4 Å². The van der Waals surface area contributed by atoms with Gasteiger partial charge in [-0.15, -0.1) is 23.2 Å². The molecule has 7 heteroatoms. The predicted molar refractivity (Wildman–Crippen MR) is 81.8 cm³/mol. The van der Waals surface area contributed by atoms with Gasteiger partial charge in [0, 0.05) is 24.0 Å². The molecule has 0 spiro atoms. The summed E-state index contributed by atoms with van der Waals surface area (Å²) < 4.78 is 0. The Morgan fingerprint density at radius 2 is 1.76 bits per heavy atom. The number of aliphatic carboxylic acids is 1. The zero-order valence-corrected chi connectivity index (χ0v) is 16.6. The topological polar surface area (TPSA) is 80.7 Å². The number of halogens is 2. The van der Waals surface area contributed by atoms with Gasteiger partial charge in [-0.3, -0.25) is 0 Å². The molecule has 2 saturated carbocycles. The quantitative estimate of drug-likeness (QED) is 0.531. The minimum atomic E-state index is -0.946. The number of rotatable bonds is 3. The van der Waals surface area contributed by atoms with Crippen LogP contribution < -0.4 is 10.4 Å². The van der Waals surface area contributed by atoms with Crippen LogP contribution in [0.25, 0.3) is 0 Å². The van der Waals surface area contributed by atoms with Gasteiger partial charge in [-0.1, -0.05) is 19.8 Å². The Kier molecular flexibility index (Phi) is 10.2. The van der Waals surface area contributed by atoms with E-state index in [-0.39, 0.29) is 52.2 Å². The summed E-state index contributed by atoms with van der Waals surface area (Å²) in [5.74, 6) is -0.934. The second-order valence-electron chi connectivity index (χ2n) is 6.02. The third kappa shape index (κ3) is 5.41. The predicted octanol–water partition coefficient (Wildman–Crippen LogP) is 1.40. The Balaban J connectivity index is 0.00000200. The summed E-state index contributed by atoms with van der Waals surface area (Å²) in [5.41, 5.74) is 0. The van der Waals surface area contributed by atoms with Gasteiger partial charge in [0.05, 0.1) is 10.8 Å². The van der Waals surface area contributed by atoms with Crippen molar-refractivity contribution in [3.05, 3.63) is 0 Å². The Labute approximate surface area is 153 Å². The molecule has 0 saturated heterocycles. The molecule has 0 heterocycles. The fourth-order valence-electron chi connectivity index (χ4n) is 3.37. The molecule has 2 rings (SSSR count). The molecule has 2 aliphatic rings. The number of nitrogens with one attached hydrogen (secondary N) is 1. The zero-order chi connectivity index (χ0) is 14.0. The Bertz CT molecular complexity index is 335. The molecule has 1 N–H and O–H groups in total. The molecule has 120 valence electrons. The maximum absolute atomic E-state index is 11.2. The van der Waals surface area contributed by atoms with E-state index in [2.05, 4.69) is 12.2 Å². The first-order chi connectivity index (χ1) is 9.00. The molecule has 6 atom stereocenters. The smallest absolute Gasteiger partial charge is 2.00 e. The first kappa shape index (κ1) is 21.8. The monoisotopic (exact) mass is 442 g/mol. The standard InChI is InChI=1S/C14H23Cl2NO2.O.Sn/c1-8-6-7-10(15)13(12(8)16)17-11-5-3-2-4-9(11)14(18)19;;/h8-13,17H,2-7H2,1H3,(H,18,19);;/q;-2;+2/p-1. The summed E-state index contributed by atoms with van der Waals surface area (Å²) in [6.45, 7) is 2.13. The van der Waals surface area contributed by atoms with Gasteiger partial charge in [0.15, 0.2) is 0 Å². The average molecular weight is 442 g/mol. The first-order valence-corrected chi connectivity index (χ1v) is 8.13. The zero-order valence-electron chi connectivity index (χ0n) is 12.2. The van der Waals surface area contributed by atoms with E-state index >= 15 is 0 Å². The van der Waals surface area contributed by atoms with Crippen LogP contribution in [0.3, 0.4) is 0 Å². The van der Waals surface area contributed by atoms with Crippen LogP contribution in [-0.4, -0.2) is 52.7 Å². The van der Waals surface area contributed by atoms with Gasteiger partial charge in [-0.25, -0.2) is 0 Å². The normalized spacial score (nSPS) is 39.8. The maximum atomic E-state index is 11.2. The second-order valence-corrected chi connectivity index (χ2v) is 7.09. The van der Waals surface area contributed by atoms with Crippen molar-refractivity contribution in [2.24, 2.45) is 11.8 Å². The van der Waals surface area contributed by atoms with E-state index in [0.29, 0.717) is 12.3 Å². The Morgan fingerprint density at radius 3 is 2.38 bits per heavy atom. The van der Waals surface area contributed by atoms with Crippen LogP contribution in [0.15, 0.2) is 0 Å². The van der Waals surface area contributed by atoms with Crippen LogP contribution in [0.2, 0.25) is 0 Å². The number of alkyl halides is 2. The van der Waals surface area contributed by atoms with Crippen LogP contribution in [-0.2, 0) is 10.3 Å². The fraction of sp³-hybridized carbons (Fsp3) is 0.929. The Morgan fingerprint density at radius 1 is 1.14 bits per heavy atom. The average Bonchev–Trinajstić information content (AvgIpc) is 2.39. The molecular formula is C14H22Cl2NO3Sn-. The van der Waals surface area contributed by atoms with E-state index in [0.717, 1.165) is 32.1 Å². The first-order valence-electron chi connectivity index (χ1n) is 7.25. The molecule has 4 nitrogen and oxygen atoms in total. The van der Waals surface area contributed by atoms with E-state index in [1.54, 1.807) is 0 Å². The third-order valence-electron chi connectivity index (χ3n) is 4.65. The molecule has 0 aliphatic heterocycles. The van der Waals surface area contributed by atoms with E-state index in [4.69, 9.17) is 23.2 Å². The molecule has 2 fully saturated rings. The van der Waals surface area contributed by atoms with Gasteiger partial charge < -0.3 is 20.7 Å². The number of carbonyl (C=O) groups is 1. The molecule has 2 aliphatic carbocycles. The van der Waals surface area contributed by atoms with Crippen molar-refractivity contribution in [2.45, 2.75) is 68.3 Å². The summed E-state index contributed by atoms with van der Waals surface area (Å²) in [6.07, 6.45) is 5.57. The van der Waals surface area contributed by atoms with Gasteiger partial charge in [-0.2, -0.15) is 0 Å². The van der Waals surface area contributed by atoms with E-state index in [1.165, 1.54) is 0 Å². The second kappa shape index (κ2) is 9.81. The van der Waals surface area contributed by atoms with Crippen molar-refractivity contribution in [1.29, 1.82) is 0 Å². The van der Waals surface area contributed by atoms with Gasteiger partial charge in [0.2, 0.25) is 0 Å². The van der Waals surface area contributed by atoms with Crippen molar-refractivity contribution in [3.8, 4) is 0 Å². The van der Waals surface area contributed by atoms with Crippen molar-refractivity contribution in [3.63, 3.8) is 0 Å². The number of carboxylic acid groups (broad SMARTS) is 1. The summed E-state index contributed by atoms with van der Waals surface area (Å²) in [4.78, 5) is 11.2. The van der Waals surface area contributed by atoms with E-state index in [9.17, 15) is 9.90 Å². The number of carboxylic acids is 1. The van der Waals surface area contributed by atoms with Crippen LogP contribution in [0.5, 0.6) is 0 Å². The molecule has 2 radical (unpaired) electrons. The third-order valence-corrected chi connectivity index (χ3v) is 5.84. The fourth-order valence-corrected chi connectivity index (χ4v) is 4.17. The minimum Gasteiger partial charge on any atom is -2.00 e. The van der Waals surface area contributed by atoms with Gasteiger partial charge in [0.25, 0.3) is 0 Å². The van der Waals surface area contributed by atoms with Crippen LogP contribution in [0.1, 0.15) is 45.4 Å². The van der Waals surface area contributed by atoms with Crippen LogP contribution >= 0.6 is 23.2 Å².